The Labute approximate surface area is 149 Å². The Morgan fingerprint density at radius 3 is 3.04 bits per heavy atom. The van der Waals surface area contributed by atoms with E-state index in [2.05, 4.69) is 25.7 Å². The first-order valence-electron chi connectivity index (χ1n) is 7.75. The summed E-state index contributed by atoms with van der Waals surface area (Å²) >= 11 is 0. The van der Waals surface area contributed by atoms with Crippen molar-refractivity contribution >= 4 is 12.4 Å². The number of aromatic amines is 1. The maximum absolute atomic E-state index is 13.1. The zero-order valence-corrected chi connectivity index (χ0v) is 14.1. The summed E-state index contributed by atoms with van der Waals surface area (Å²) in [6.45, 7) is 2.05. The van der Waals surface area contributed by atoms with E-state index in [9.17, 15) is 4.39 Å². The predicted molar refractivity (Wildman–Crippen MR) is 90.1 cm³/mol. The highest BCUT2D eigenvalue weighted by Crippen LogP contribution is 2.24. The lowest BCUT2D eigenvalue weighted by Gasteiger charge is -2.02. The Bertz CT molecular complexity index is 831. The summed E-state index contributed by atoms with van der Waals surface area (Å²) in [4.78, 5) is 4.26. The maximum atomic E-state index is 13.1. The lowest BCUT2D eigenvalue weighted by molar-refractivity contribution is 0.285. The second-order valence-corrected chi connectivity index (χ2v) is 5.66. The lowest BCUT2D eigenvalue weighted by Crippen LogP contribution is -2.08. The van der Waals surface area contributed by atoms with Gasteiger partial charge in [-0.25, -0.2) is 4.39 Å². The van der Waals surface area contributed by atoms with Crippen molar-refractivity contribution in [1.29, 1.82) is 0 Å². The fourth-order valence-corrected chi connectivity index (χ4v) is 2.70. The van der Waals surface area contributed by atoms with E-state index in [4.69, 9.17) is 9.26 Å². The first kappa shape index (κ1) is 17.4. The molecule has 0 saturated carbocycles. The van der Waals surface area contributed by atoms with Crippen LogP contribution in [0.25, 0.3) is 11.6 Å². The summed E-state index contributed by atoms with van der Waals surface area (Å²) in [5, 5.41) is 14.4. The van der Waals surface area contributed by atoms with E-state index < -0.39 is 0 Å². The highest BCUT2D eigenvalue weighted by molar-refractivity contribution is 5.85. The average molecular weight is 366 g/mol. The quantitative estimate of drug-likeness (QED) is 0.722. The summed E-state index contributed by atoms with van der Waals surface area (Å²) in [5.74, 6) is 1.21. The Balaban J connectivity index is 0.00000182. The van der Waals surface area contributed by atoms with Crippen molar-refractivity contribution < 1.29 is 13.7 Å². The number of rotatable bonds is 5. The van der Waals surface area contributed by atoms with Crippen LogP contribution in [0.3, 0.4) is 0 Å². The third kappa shape index (κ3) is 3.97. The van der Waals surface area contributed by atoms with Crippen LogP contribution in [0, 0.1) is 5.82 Å². The molecular weight excluding hydrogens is 349 g/mol. The van der Waals surface area contributed by atoms with Gasteiger partial charge < -0.3 is 14.6 Å². The van der Waals surface area contributed by atoms with Crippen molar-refractivity contribution in [2.75, 3.05) is 13.1 Å². The van der Waals surface area contributed by atoms with Gasteiger partial charge in [-0.15, -0.1) is 12.4 Å². The summed E-state index contributed by atoms with van der Waals surface area (Å²) in [5.41, 5.74) is 1.67. The van der Waals surface area contributed by atoms with Crippen LogP contribution < -0.4 is 10.1 Å². The Morgan fingerprint density at radius 2 is 2.24 bits per heavy atom. The van der Waals surface area contributed by atoms with Gasteiger partial charge in [0.2, 0.25) is 5.82 Å². The number of hydrogen-bond donors (Lipinski definition) is 2. The van der Waals surface area contributed by atoms with E-state index in [0.717, 1.165) is 25.2 Å². The molecule has 0 aliphatic carbocycles. The normalized spacial score (nSPS) is 16.6. The Hall–Kier alpha value is -2.45. The molecule has 1 unspecified atom stereocenters. The highest BCUT2D eigenvalue weighted by Gasteiger charge is 2.20. The molecule has 132 valence electrons. The van der Waals surface area contributed by atoms with Crippen LogP contribution in [0.4, 0.5) is 4.39 Å². The van der Waals surface area contributed by atoms with Crippen molar-refractivity contribution in [3.8, 4) is 17.3 Å². The second kappa shape index (κ2) is 7.62. The minimum absolute atomic E-state index is 0. The van der Waals surface area contributed by atoms with E-state index in [-0.39, 0.29) is 24.8 Å². The van der Waals surface area contributed by atoms with Crippen LogP contribution in [-0.4, -0.2) is 33.4 Å². The second-order valence-electron chi connectivity index (χ2n) is 5.66. The fraction of sp³-hybridized carbons (Fsp3) is 0.312. The van der Waals surface area contributed by atoms with Crippen LogP contribution in [-0.2, 0) is 6.61 Å². The van der Waals surface area contributed by atoms with Crippen molar-refractivity contribution in [2.24, 2.45) is 0 Å². The molecule has 2 aromatic heterocycles. The largest absolute Gasteiger partial charge is 0.485 e. The molecule has 1 saturated heterocycles. The first-order valence-corrected chi connectivity index (χ1v) is 7.75. The zero-order chi connectivity index (χ0) is 16.4. The van der Waals surface area contributed by atoms with Crippen molar-refractivity contribution in [3.63, 3.8) is 0 Å². The third-order valence-corrected chi connectivity index (χ3v) is 3.95. The summed E-state index contributed by atoms with van der Waals surface area (Å²) in [6, 6.07) is 7.84. The monoisotopic (exact) mass is 365 g/mol. The van der Waals surface area contributed by atoms with Crippen LogP contribution in [0.15, 0.2) is 34.9 Å². The minimum atomic E-state index is -0.355. The number of H-pyrrole nitrogens is 1. The molecule has 7 nitrogen and oxygen atoms in total. The third-order valence-electron chi connectivity index (χ3n) is 3.95. The van der Waals surface area contributed by atoms with E-state index in [1.165, 1.54) is 12.1 Å². The van der Waals surface area contributed by atoms with Crippen LogP contribution >= 0.6 is 12.4 Å². The molecule has 1 atom stereocenters. The predicted octanol–water partition coefficient (Wildman–Crippen LogP) is 2.68. The van der Waals surface area contributed by atoms with Gasteiger partial charge in [0.25, 0.3) is 5.89 Å². The molecule has 1 aliphatic rings. The number of hydrogen-bond acceptors (Lipinski definition) is 6. The zero-order valence-electron chi connectivity index (χ0n) is 13.2. The van der Waals surface area contributed by atoms with Gasteiger partial charge in [0.15, 0.2) is 12.3 Å². The standard InChI is InChI=1S/C16H16FN5O2.ClH/c17-11-2-1-3-12(6-11)23-9-15-19-16(24-22-15)14-7-13(20-21-14)10-4-5-18-8-10;/h1-3,6-7,10,18H,4-5,8-9H2,(H,20,21);1H. The van der Waals surface area contributed by atoms with Gasteiger partial charge in [0, 0.05) is 24.2 Å². The number of nitrogens with one attached hydrogen (secondary N) is 2. The number of benzene rings is 1. The van der Waals surface area contributed by atoms with Gasteiger partial charge in [0.1, 0.15) is 11.6 Å². The lowest BCUT2D eigenvalue weighted by atomic mass is 10.1. The molecule has 1 aromatic carbocycles. The van der Waals surface area contributed by atoms with Crippen LogP contribution in [0.2, 0.25) is 0 Å². The minimum Gasteiger partial charge on any atom is -0.485 e. The number of aromatic nitrogens is 4. The van der Waals surface area contributed by atoms with Gasteiger partial charge in [-0.3, -0.25) is 5.10 Å². The number of nitrogens with zero attached hydrogens (tertiary/aromatic N) is 3. The molecule has 2 N–H and O–H groups in total. The number of halogens is 2. The van der Waals surface area contributed by atoms with Gasteiger partial charge in [-0.05, 0) is 31.2 Å². The molecule has 9 heteroatoms. The SMILES string of the molecule is Cl.Fc1cccc(OCc2noc(-c3cc(C4CCNC4)[nH]n3)n2)c1. The van der Waals surface area contributed by atoms with Crippen LogP contribution in [0.1, 0.15) is 23.9 Å². The fourth-order valence-electron chi connectivity index (χ4n) is 2.70. The van der Waals surface area contributed by atoms with E-state index >= 15 is 0 Å². The van der Waals surface area contributed by atoms with Gasteiger partial charge >= 0.3 is 0 Å². The molecule has 0 radical (unpaired) electrons. The maximum Gasteiger partial charge on any atom is 0.278 e. The van der Waals surface area contributed by atoms with E-state index in [1.807, 2.05) is 6.07 Å². The molecular formula is C16H17ClFN5O2. The van der Waals surface area contributed by atoms with Crippen LogP contribution in [0.5, 0.6) is 5.75 Å². The molecule has 1 aliphatic heterocycles. The van der Waals surface area contributed by atoms with Crippen molar-refractivity contribution in [1.82, 2.24) is 25.7 Å². The molecule has 0 spiro atoms. The Morgan fingerprint density at radius 1 is 1.32 bits per heavy atom. The summed E-state index contributed by atoms with van der Waals surface area (Å²) in [7, 11) is 0. The van der Waals surface area contributed by atoms with Crippen molar-refractivity contribution in [3.05, 3.63) is 47.7 Å². The van der Waals surface area contributed by atoms with Gasteiger partial charge in [-0.2, -0.15) is 10.1 Å². The Kier molecular flexibility index (Phi) is 5.30. The topological polar surface area (TPSA) is 88.9 Å². The molecule has 0 bridgehead atoms. The first-order chi connectivity index (χ1) is 11.8. The average Bonchev–Trinajstić information content (AvgIpc) is 3.32. The van der Waals surface area contributed by atoms with Gasteiger partial charge in [0.05, 0.1) is 0 Å². The molecule has 4 rings (SSSR count). The van der Waals surface area contributed by atoms with Crippen molar-refractivity contribution in [2.45, 2.75) is 18.9 Å². The summed E-state index contributed by atoms with van der Waals surface area (Å²) in [6.07, 6.45) is 1.08. The van der Waals surface area contributed by atoms with Gasteiger partial charge in [-0.1, -0.05) is 11.2 Å². The molecule has 3 heterocycles. The molecule has 25 heavy (non-hydrogen) atoms. The molecule has 3 aromatic rings. The molecule has 1 fully saturated rings. The smallest absolute Gasteiger partial charge is 0.278 e. The van der Waals surface area contributed by atoms with E-state index in [1.54, 1.807) is 12.1 Å². The summed E-state index contributed by atoms with van der Waals surface area (Å²) < 4.78 is 23.8. The molecule has 0 amide bonds. The number of ether oxygens (including phenoxy) is 1. The van der Waals surface area contributed by atoms with E-state index in [0.29, 0.717) is 29.1 Å². The highest BCUT2D eigenvalue weighted by atomic mass is 35.5.